The van der Waals surface area contributed by atoms with Crippen LogP contribution in [0.5, 0.6) is 17.4 Å². The minimum Gasteiger partial charge on any atom is -0.496 e. The zero-order valence-electron chi connectivity index (χ0n) is 10.4. The van der Waals surface area contributed by atoms with Crippen molar-refractivity contribution in [3.63, 3.8) is 0 Å². The molecule has 0 spiro atoms. The van der Waals surface area contributed by atoms with E-state index in [1.54, 1.807) is 49.9 Å². The molecule has 0 fully saturated rings. The molecule has 5 nitrogen and oxygen atoms in total. The molecule has 1 aromatic carbocycles. The Hall–Kier alpha value is -2.74. The first-order valence-electron chi connectivity index (χ1n) is 5.61. The average Bonchev–Trinajstić information content (AvgIpc) is 2.47. The number of benzene rings is 1. The van der Waals surface area contributed by atoms with Crippen LogP contribution in [0.2, 0.25) is 0 Å². The molecular formula is C14H12N2O3. The fourth-order valence-corrected chi connectivity index (χ4v) is 1.60. The number of nitrogens with zero attached hydrogens (tertiary/aromatic N) is 2. The van der Waals surface area contributed by atoms with Gasteiger partial charge in [0, 0.05) is 12.3 Å². The van der Waals surface area contributed by atoms with Crippen LogP contribution in [0.4, 0.5) is 0 Å². The van der Waals surface area contributed by atoms with Crippen LogP contribution >= 0.6 is 0 Å². The van der Waals surface area contributed by atoms with E-state index in [2.05, 4.69) is 4.98 Å². The Bertz CT molecular complexity index is 579. The maximum Gasteiger partial charge on any atom is 0.292 e. The molecule has 0 amide bonds. The second-order valence-electron chi connectivity index (χ2n) is 3.59. The van der Waals surface area contributed by atoms with Gasteiger partial charge in [-0.15, -0.1) is 5.26 Å². The minimum atomic E-state index is 0.206. The van der Waals surface area contributed by atoms with Gasteiger partial charge in [0.2, 0.25) is 5.88 Å². The van der Waals surface area contributed by atoms with E-state index in [0.29, 0.717) is 22.9 Å². The molecule has 0 saturated heterocycles. The fraction of sp³-hybridized carbons (Fsp3) is 0.143. The van der Waals surface area contributed by atoms with Gasteiger partial charge in [-0.3, -0.25) is 0 Å². The van der Waals surface area contributed by atoms with Gasteiger partial charge in [0.1, 0.15) is 12.4 Å². The lowest BCUT2D eigenvalue weighted by molar-refractivity contribution is 0.280. The van der Waals surface area contributed by atoms with Crippen LogP contribution in [0.3, 0.4) is 0 Å². The lowest BCUT2D eigenvalue weighted by atomic mass is 10.2. The van der Waals surface area contributed by atoms with Gasteiger partial charge in [-0.1, -0.05) is 12.1 Å². The molecule has 0 atom stereocenters. The van der Waals surface area contributed by atoms with Crippen molar-refractivity contribution in [3.05, 3.63) is 48.2 Å². The highest BCUT2D eigenvalue weighted by Crippen LogP contribution is 2.29. The minimum absolute atomic E-state index is 0.206. The molecule has 0 bridgehead atoms. The van der Waals surface area contributed by atoms with Crippen molar-refractivity contribution < 1.29 is 14.2 Å². The van der Waals surface area contributed by atoms with Crippen LogP contribution in [-0.2, 0) is 6.61 Å². The smallest absolute Gasteiger partial charge is 0.292 e. The molecule has 96 valence electrons. The van der Waals surface area contributed by atoms with E-state index in [4.69, 9.17) is 19.5 Å². The summed E-state index contributed by atoms with van der Waals surface area (Å²) in [6.45, 7) is 0.206. The van der Waals surface area contributed by atoms with E-state index in [0.717, 1.165) is 0 Å². The Kier molecular flexibility index (Phi) is 4.19. The summed E-state index contributed by atoms with van der Waals surface area (Å²) >= 11 is 0. The second kappa shape index (κ2) is 6.26. The molecule has 0 radical (unpaired) electrons. The topological polar surface area (TPSA) is 64.4 Å². The van der Waals surface area contributed by atoms with Crippen LogP contribution in [0.15, 0.2) is 42.6 Å². The molecule has 2 rings (SSSR count). The van der Waals surface area contributed by atoms with Crippen LogP contribution in [-0.4, -0.2) is 12.1 Å². The van der Waals surface area contributed by atoms with Crippen molar-refractivity contribution in [2.75, 3.05) is 7.11 Å². The van der Waals surface area contributed by atoms with Crippen LogP contribution in [0.1, 0.15) is 5.56 Å². The van der Waals surface area contributed by atoms with Crippen LogP contribution < -0.4 is 14.2 Å². The highest BCUT2D eigenvalue weighted by Gasteiger charge is 2.11. The van der Waals surface area contributed by atoms with Crippen molar-refractivity contribution in [2.45, 2.75) is 6.61 Å². The Labute approximate surface area is 111 Å². The number of methoxy groups -OCH3 is 1. The molecule has 1 heterocycles. The Morgan fingerprint density at radius 2 is 2.00 bits per heavy atom. The van der Waals surface area contributed by atoms with Crippen molar-refractivity contribution >= 4 is 0 Å². The van der Waals surface area contributed by atoms with E-state index in [-0.39, 0.29) is 6.61 Å². The summed E-state index contributed by atoms with van der Waals surface area (Å²) in [5.74, 6) is 1.51. The molecule has 0 saturated carbocycles. The molecule has 0 aliphatic heterocycles. The molecule has 2 aromatic rings. The molecule has 5 heteroatoms. The summed E-state index contributed by atoms with van der Waals surface area (Å²) in [6.07, 6.45) is 3.29. The SMILES string of the molecule is COc1cccc(OC#N)c1COc1ccccn1. The predicted octanol–water partition coefficient (Wildman–Crippen LogP) is 2.53. The van der Waals surface area contributed by atoms with Gasteiger partial charge in [-0.2, -0.15) is 0 Å². The largest absolute Gasteiger partial charge is 0.496 e. The van der Waals surface area contributed by atoms with Gasteiger partial charge >= 0.3 is 0 Å². The monoisotopic (exact) mass is 256 g/mol. The van der Waals surface area contributed by atoms with E-state index in [1.807, 2.05) is 6.07 Å². The molecule has 0 unspecified atom stereocenters. The van der Waals surface area contributed by atoms with Gasteiger partial charge in [0.15, 0.2) is 5.75 Å². The molecule has 0 N–H and O–H groups in total. The van der Waals surface area contributed by atoms with Crippen molar-refractivity contribution in [2.24, 2.45) is 0 Å². The van der Waals surface area contributed by atoms with Crippen molar-refractivity contribution in [1.29, 1.82) is 5.26 Å². The first-order valence-corrected chi connectivity index (χ1v) is 5.61. The quantitative estimate of drug-likeness (QED) is 0.769. The number of ether oxygens (including phenoxy) is 3. The van der Waals surface area contributed by atoms with E-state index >= 15 is 0 Å². The number of hydrogen-bond donors (Lipinski definition) is 0. The summed E-state index contributed by atoms with van der Waals surface area (Å²) in [5.41, 5.74) is 0.664. The van der Waals surface area contributed by atoms with Crippen LogP contribution in [0.25, 0.3) is 0 Å². The van der Waals surface area contributed by atoms with E-state index < -0.39 is 0 Å². The van der Waals surface area contributed by atoms with E-state index in [1.165, 1.54) is 0 Å². The summed E-state index contributed by atoms with van der Waals surface area (Å²) in [6, 6.07) is 10.6. The Morgan fingerprint density at radius 3 is 2.68 bits per heavy atom. The van der Waals surface area contributed by atoms with Crippen molar-refractivity contribution in [1.82, 2.24) is 4.98 Å². The first kappa shape index (κ1) is 12.7. The summed E-state index contributed by atoms with van der Waals surface area (Å²) in [5, 5.41) is 8.63. The summed E-state index contributed by atoms with van der Waals surface area (Å²) in [7, 11) is 1.55. The average molecular weight is 256 g/mol. The lowest BCUT2D eigenvalue weighted by Crippen LogP contribution is -2.02. The normalized spacial score (nSPS) is 9.47. The number of rotatable bonds is 5. The Balaban J connectivity index is 2.20. The van der Waals surface area contributed by atoms with Gasteiger partial charge in [0.25, 0.3) is 6.26 Å². The molecule has 0 aliphatic carbocycles. The van der Waals surface area contributed by atoms with Crippen molar-refractivity contribution in [3.8, 4) is 23.6 Å². The Morgan fingerprint density at radius 1 is 1.16 bits per heavy atom. The van der Waals surface area contributed by atoms with Gasteiger partial charge in [-0.25, -0.2) is 4.98 Å². The molecule has 19 heavy (non-hydrogen) atoms. The second-order valence-corrected chi connectivity index (χ2v) is 3.59. The zero-order valence-corrected chi connectivity index (χ0v) is 10.4. The van der Waals surface area contributed by atoms with Gasteiger partial charge < -0.3 is 14.2 Å². The number of pyridine rings is 1. The maximum absolute atomic E-state index is 8.63. The number of aromatic nitrogens is 1. The lowest BCUT2D eigenvalue weighted by Gasteiger charge is -2.12. The third-order valence-corrected chi connectivity index (χ3v) is 2.47. The summed E-state index contributed by atoms with van der Waals surface area (Å²) in [4.78, 5) is 4.06. The summed E-state index contributed by atoms with van der Waals surface area (Å²) < 4.78 is 15.7. The standard InChI is InChI=1S/C14H12N2O3/c1-17-12-5-4-6-13(19-10-15)11(12)9-18-14-7-2-3-8-16-14/h2-8H,9H2,1H3. The molecule has 0 aliphatic rings. The predicted molar refractivity (Wildman–Crippen MR) is 67.8 cm³/mol. The number of hydrogen-bond acceptors (Lipinski definition) is 5. The van der Waals surface area contributed by atoms with E-state index in [9.17, 15) is 0 Å². The third-order valence-electron chi connectivity index (χ3n) is 2.47. The molecule has 1 aromatic heterocycles. The van der Waals surface area contributed by atoms with Gasteiger partial charge in [0.05, 0.1) is 12.7 Å². The fourth-order valence-electron chi connectivity index (χ4n) is 1.60. The highest BCUT2D eigenvalue weighted by molar-refractivity contribution is 5.45. The first-order chi connectivity index (χ1) is 9.35. The third kappa shape index (κ3) is 3.13. The maximum atomic E-state index is 8.63. The van der Waals surface area contributed by atoms with Crippen LogP contribution in [0, 0.1) is 11.5 Å². The number of nitriles is 1. The molecular weight excluding hydrogens is 244 g/mol. The zero-order chi connectivity index (χ0) is 13.5. The van der Waals surface area contributed by atoms with Gasteiger partial charge in [-0.05, 0) is 18.2 Å². The highest BCUT2D eigenvalue weighted by atomic mass is 16.5.